The van der Waals surface area contributed by atoms with Gasteiger partial charge in [0.2, 0.25) is 0 Å². The highest BCUT2D eigenvalue weighted by Crippen LogP contribution is 2.31. The monoisotopic (exact) mass is 267 g/mol. The average Bonchev–Trinajstić information content (AvgIpc) is 2.40. The molecule has 1 heterocycles. The van der Waals surface area contributed by atoms with E-state index in [4.69, 9.17) is 0 Å². The van der Waals surface area contributed by atoms with Crippen molar-refractivity contribution in [1.29, 1.82) is 0 Å². The van der Waals surface area contributed by atoms with E-state index in [9.17, 15) is 13.2 Å². The standard InChI is InChI=1S/C13H12F3N3/c1-17-11(12-18-6-3-7-19-12)9-4-2-5-10(8-9)13(14,15)16/h2-8,11,17H,1H3. The van der Waals surface area contributed by atoms with Crippen molar-refractivity contribution < 1.29 is 13.2 Å². The molecule has 0 radical (unpaired) electrons. The third kappa shape index (κ3) is 3.08. The number of nitrogens with zero attached hydrogens (tertiary/aromatic N) is 2. The van der Waals surface area contributed by atoms with Crippen LogP contribution in [0.3, 0.4) is 0 Å². The van der Waals surface area contributed by atoms with E-state index in [0.717, 1.165) is 12.1 Å². The molecule has 0 spiro atoms. The first-order valence-electron chi connectivity index (χ1n) is 5.63. The minimum atomic E-state index is -4.36. The molecule has 0 aliphatic heterocycles. The Morgan fingerprint density at radius 2 is 1.79 bits per heavy atom. The number of halogens is 3. The van der Waals surface area contributed by atoms with Crippen molar-refractivity contribution in [3.8, 4) is 0 Å². The summed E-state index contributed by atoms with van der Waals surface area (Å²) in [5, 5.41) is 2.92. The van der Waals surface area contributed by atoms with Gasteiger partial charge in [-0.05, 0) is 30.8 Å². The predicted molar refractivity (Wildman–Crippen MR) is 64.4 cm³/mol. The lowest BCUT2D eigenvalue weighted by atomic mass is 10.0. The molecule has 0 fully saturated rings. The molecule has 1 unspecified atom stereocenters. The maximum absolute atomic E-state index is 12.7. The average molecular weight is 267 g/mol. The maximum Gasteiger partial charge on any atom is 0.416 e. The van der Waals surface area contributed by atoms with E-state index in [1.165, 1.54) is 6.07 Å². The maximum atomic E-state index is 12.7. The van der Waals surface area contributed by atoms with Gasteiger partial charge in [-0.1, -0.05) is 12.1 Å². The zero-order valence-corrected chi connectivity index (χ0v) is 10.1. The molecule has 19 heavy (non-hydrogen) atoms. The van der Waals surface area contributed by atoms with Crippen LogP contribution < -0.4 is 5.32 Å². The Morgan fingerprint density at radius 1 is 1.11 bits per heavy atom. The molecule has 100 valence electrons. The Labute approximate surface area is 108 Å². The van der Waals surface area contributed by atoms with E-state index in [2.05, 4.69) is 15.3 Å². The molecule has 0 saturated carbocycles. The lowest BCUT2D eigenvalue weighted by Crippen LogP contribution is -2.20. The number of aromatic nitrogens is 2. The summed E-state index contributed by atoms with van der Waals surface area (Å²) in [7, 11) is 1.65. The molecule has 1 aromatic carbocycles. The third-order valence-corrected chi connectivity index (χ3v) is 2.68. The highest BCUT2D eigenvalue weighted by molar-refractivity contribution is 5.31. The second-order valence-electron chi connectivity index (χ2n) is 3.95. The molecule has 2 aromatic rings. The van der Waals surface area contributed by atoms with Crippen LogP contribution in [0.15, 0.2) is 42.7 Å². The van der Waals surface area contributed by atoms with Crippen LogP contribution in [0.2, 0.25) is 0 Å². The second-order valence-corrected chi connectivity index (χ2v) is 3.95. The first kappa shape index (κ1) is 13.5. The lowest BCUT2D eigenvalue weighted by Gasteiger charge is -2.16. The highest BCUT2D eigenvalue weighted by atomic mass is 19.4. The first-order valence-corrected chi connectivity index (χ1v) is 5.63. The van der Waals surface area contributed by atoms with E-state index < -0.39 is 17.8 Å². The summed E-state index contributed by atoms with van der Waals surface area (Å²) in [6, 6.07) is 6.34. The molecule has 0 amide bonds. The third-order valence-electron chi connectivity index (χ3n) is 2.68. The van der Waals surface area contributed by atoms with Crippen LogP contribution in [0.25, 0.3) is 0 Å². The van der Waals surface area contributed by atoms with Gasteiger partial charge in [-0.25, -0.2) is 9.97 Å². The lowest BCUT2D eigenvalue weighted by molar-refractivity contribution is -0.137. The molecule has 0 bridgehead atoms. The Balaban J connectivity index is 2.40. The normalized spacial score (nSPS) is 13.3. The van der Waals surface area contributed by atoms with Gasteiger partial charge in [0, 0.05) is 12.4 Å². The summed E-state index contributed by atoms with van der Waals surface area (Å²) in [5.41, 5.74) is -0.204. The van der Waals surface area contributed by atoms with Crippen molar-refractivity contribution in [3.63, 3.8) is 0 Å². The van der Waals surface area contributed by atoms with Crippen LogP contribution >= 0.6 is 0 Å². The summed E-state index contributed by atoms with van der Waals surface area (Å²) in [4.78, 5) is 8.13. The smallest absolute Gasteiger partial charge is 0.307 e. The number of rotatable bonds is 3. The number of alkyl halides is 3. The van der Waals surface area contributed by atoms with Crippen LogP contribution in [0.4, 0.5) is 13.2 Å². The molecule has 1 atom stereocenters. The van der Waals surface area contributed by atoms with Crippen LogP contribution in [-0.4, -0.2) is 17.0 Å². The molecular formula is C13H12F3N3. The van der Waals surface area contributed by atoms with E-state index in [-0.39, 0.29) is 0 Å². The molecule has 0 aliphatic carbocycles. The Hall–Kier alpha value is -1.95. The first-order chi connectivity index (χ1) is 9.02. The van der Waals surface area contributed by atoms with Gasteiger partial charge in [-0.15, -0.1) is 0 Å². The number of hydrogen-bond donors (Lipinski definition) is 1. The predicted octanol–water partition coefficient (Wildman–Crippen LogP) is 2.80. The zero-order chi connectivity index (χ0) is 13.9. The number of hydrogen-bond acceptors (Lipinski definition) is 3. The van der Waals surface area contributed by atoms with Crippen molar-refractivity contribution in [3.05, 3.63) is 59.7 Å². The van der Waals surface area contributed by atoms with Crippen LogP contribution in [-0.2, 0) is 6.18 Å². The molecular weight excluding hydrogens is 255 g/mol. The minimum absolute atomic E-state index is 0.435. The number of benzene rings is 1. The van der Waals surface area contributed by atoms with Crippen molar-refractivity contribution in [2.75, 3.05) is 7.05 Å². The van der Waals surface area contributed by atoms with Crippen molar-refractivity contribution in [1.82, 2.24) is 15.3 Å². The van der Waals surface area contributed by atoms with E-state index in [1.54, 1.807) is 31.6 Å². The fraction of sp³-hybridized carbons (Fsp3) is 0.231. The molecule has 2 rings (SSSR count). The SMILES string of the molecule is CNC(c1cccc(C(F)(F)F)c1)c1ncccn1. The second kappa shape index (κ2) is 5.36. The molecule has 0 aliphatic rings. The molecule has 1 N–H and O–H groups in total. The fourth-order valence-electron chi connectivity index (χ4n) is 1.80. The van der Waals surface area contributed by atoms with Gasteiger partial charge in [0.15, 0.2) is 0 Å². The van der Waals surface area contributed by atoms with Crippen LogP contribution in [0.5, 0.6) is 0 Å². The molecule has 0 saturated heterocycles. The van der Waals surface area contributed by atoms with E-state index in [0.29, 0.717) is 11.4 Å². The summed E-state index contributed by atoms with van der Waals surface area (Å²) in [6.07, 6.45) is -1.24. The van der Waals surface area contributed by atoms with Crippen molar-refractivity contribution in [2.45, 2.75) is 12.2 Å². The largest absolute Gasteiger partial charge is 0.416 e. The van der Waals surface area contributed by atoms with Gasteiger partial charge in [0.1, 0.15) is 5.82 Å². The summed E-state index contributed by atoms with van der Waals surface area (Å²) < 4.78 is 38.1. The molecule has 3 nitrogen and oxygen atoms in total. The van der Waals surface area contributed by atoms with Gasteiger partial charge in [0.05, 0.1) is 11.6 Å². The Kier molecular flexibility index (Phi) is 3.80. The van der Waals surface area contributed by atoms with Gasteiger partial charge in [-0.2, -0.15) is 13.2 Å². The minimum Gasteiger partial charge on any atom is -0.307 e. The van der Waals surface area contributed by atoms with E-state index >= 15 is 0 Å². The summed E-state index contributed by atoms with van der Waals surface area (Å²) in [5.74, 6) is 0.435. The Morgan fingerprint density at radius 3 is 2.37 bits per heavy atom. The van der Waals surface area contributed by atoms with Crippen LogP contribution in [0, 0.1) is 0 Å². The quantitative estimate of drug-likeness (QED) is 0.929. The number of nitrogens with one attached hydrogen (secondary N) is 1. The van der Waals surface area contributed by atoms with Gasteiger partial charge in [0.25, 0.3) is 0 Å². The summed E-state index contributed by atoms with van der Waals surface area (Å²) in [6.45, 7) is 0. The highest BCUT2D eigenvalue weighted by Gasteiger charge is 2.31. The summed E-state index contributed by atoms with van der Waals surface area (Å²) >= 11 is 0. The van der Waals surface area contributed by atoms with Gasteiger partial charge < -0.3 is 5.32 Å². The Bertz CT molecular complexity index is 540. The zero-order valence-electron chi connectivity index (χ0n) is 10.1. The topological polar surface area (TPSA) is 37.8 Å². The molecule has 1 aromatic heterocycles. The van der Waals surface area contributed by atoms with Gasteiger partial charge >= 0.3 is 6.18 Å². The van der Waals surface area contributed by atoms with E-state index in [1.807, 2.05) is 0 Å². The fourth-order valence-corrected chi connectivity index (χ4v) is 1.80. The van der Waals surface area contributed by atoms with Crippen LogP contribution in [0.1, 0.15) is 23.0 Å². The van der Waals surface area contributed by atoms with Crippen molar-refractivity contribution in [2.24, 2.45) is 0 Å². The van der Waals surface area contributed by atoms with Gasteiger partial charge in [-0.3, -0.25) is 0 Å². The van der Waals surface area contributed by atoms with Crippen molar-refractivity contribution >= 4 is 0 Å². The molecule has 6 heteroatoms.